The van der Waals surface area contributed by atoms with Crippen LogP contribution in [0.2, 0.25) is 5.02 Å². The molecule has 190 valence electrons. The van der Waals surface area contributed by atoms with Gasteiger partial charge in [-0.05, 0) is 29.8 Å². The number of pyridine rings is 1. The number of hydrogen-bond donors (Lipinski definition) is 2. The number of ether oxygens (including phenoxy) is 2. The van der Waals surface area contributed by atoms with Gasteiger partial charge in [-0.1, -0.05) is 60.1 Å². The fourth-order valence-corrected chi connectivity index (χ4v) is 3.76. The Labute approximate surface area is 215 Å². The number of anilines is 1. The number of amides is 1. The quantitative estimate of drug-likeness (QED) is 0.276. The van der Waals surface area contributed by atoms with Crippen molar-refractivity contribution in [2.24, 2.45) is 0 Å². The van der Waals surface area contributed by atoms with Crippen molar-refractivity contribution < 1.29 is 33.1 Å². The monoisotopic (exact) mass is 525 g/mol. The van der Waals surface area contributed by atoms with E-state index in [9.17, 15) is 19.1 Å². The van der Waals surface area contributed by atoms with E-state index in [-0.39, 0.29) is 29.3 Å². The molecular weight excluding hydrogens is 505 g/mol. The largest absolute Gasteiger partial charge is 0.478 e. The lowest BCUT2D eigenvalue weighted by Crippen LogP contribution is -2.29. The zero-order valence-corrected chi connectivity index (χ0v) is 20.2. The minimum atomic E-state index is -1.17. The molecule has 1 amide bonds. The molecule has 0 bridgehead atoms. The Bertz CT molecular complexity index is 1380. The highest BCUT2D eigenvalue weighted by Crippen LogP contribution is 2.32. The third-order valence-electron chi connectivity index (χ3n) is 5.31. The lowest BCUT2D eigenvalue weighted by atomic mass is 10.1. The smallest absolute Gasteiger partial charge is 0.412 e. The van der Waals surface area contributed by atoms with Gasteiger partial charge in [0.25, 0.3) is 5.95 Å². The Balaban J connectivity index is 1.45. The first-order valence-electron chi connectivity index (χ1n) is 11.1. The Morgan fingerprint density at radius 1 is 1.11 bits per heavy atom. The van der Waals surface area contributed by atoms with Crippen LogP contribution in [0.4, 0.5) is 14.9 Å². The minimum absolute atomic E-state index is 0.0366. The third-order valence-corrected chi connectivity index (χ3v) is 5.65. The molecule has 0 fully saturated rings. The number of rotatable bonds is 9. The molecule has 2 heterocycles. The van der Waals surface area contributed by atoms with Gasteiger partial charge in [0.2, 0.25) is 12.0 Å². The Morgan fingerprint density at radius 2 is 1.84 bits per heavy atom. The van der Waals surface area contributed by atoms with Crippen LogP contribution >= 0.6 is 11.6 Å². The Kier molecular flexibility index (Phi) is 7.99. The molecule has 4 rings (SSSR count). The van der Waals surface area contributed by atoms with E-state index in [2.05, 4.69) is 15.5 Å². The minimum Gasteiger partial charge on any atom is -0.478 e. The van der Waals surface area contributed by atoms with Crippen LogP contribution in [-0.4, -0.2) is 33.4 Å². The molecule has 4 aromatic rings. The van der Waals surface area contributed by atoms with Gasteiger partial charge in [0.15, 0.2) is 5.76 Å². The van der Waals surface area contributed by atoms with Crippen LogP contribution in [0.3, 0.4) is 0 Å². The van der Waals surface area contributed by atoms with E-state index < -0.39 is 30.2 Å². The average Bonchev–Trinajstić information content (AvgIpc) is 3.24. The van der Waals surface area contributed by atoms with Crippen molar-refractivity contribution in [1.82, 2.24) is 10.1 Å². The molecule has 0 aliphatic carbocycles. The van der Waals surface area contributed by atoms with Crippen molar-refractivity contribution >= 4 is 29.4 Å². The maximum absolute atomic E-state index is 14.3. The van der Waals surface area contributed by atoms with Crippen LogP contribution < -0.4 is 10.1 Å². The normalized spacial score (nSPS) is 12.4. The number of halogens is 2. The molecule has 37 heavy (non-hydrogen) atoms. The SMILES string of the molecule is CC(OC(=O)Nc1c(F)noc1-c1ccc(OC(Cc2ccccc2)C(=O)O)nc1)c1ccccc1Cl. The van der Waals surface area contributed by atoms with Gasteiger partial charge < -0.3 is 19.1 Å². The molecule has 2 aromatic carbocycles. The molecule has 0 saturated carbocycles. The zero-order valence-electron chi connectivity index (χ0n) is 19.4. The van der Waals surface area contributed by atoms with Gasteiger partial charge in [-0.25, -0.2) is 14.6 Å². The summed E-state index contributed by atoms with van der Waals surface area (Å²) in [6.07, 6.45) is -1.42. The van der Waals surface area contributed by atoms with Crippen LogP contribution in [-0.2, 0) is 16.0 Å². The number of aliphatic carboxylic acids is 1. The number of carbonyl (C=O) groups excluding carboxylic acids is 1. The standard InChI is InChI=1S/C26H21ClFN3O6/c1-15(18-9-5-6-10-19(18)27)35-26(34)30-22-23(37-31-24(22)28)17-11-12-21(29-14-17)36-20(25(32)33)13-16-7-3-2-4-8-16/h2-12,14-15,20H,13H2,1H3,(H,30,34)(H,32,33). The highest BCUT2D eigenvalue weighted by molar-refractivity contribution is 6.31. The van der Waals surface area contributed by atoms with E-state index in [1.807, 2.05) is 6.07 Å². The highest BCUT2D eigenvalue weighted by atomic mass is 35.5. The lowest BCUT2D eigenvalue weighted by Gasteiger charge is -2.15. The summed E-state index contributed by atoms with van der Waals surface area (Å²) in [5.41, 5.74) is 1.28. The van der Waals surface area contributed by atoms with Gasteiger partial charge in [0, 0.05) is 34.8 Å². The first-order chi connectivity index (χ1) is 17.8. The molecule has 2 unspecified atom stereocenters. The van der Waals surface area contributed by atoms with Crippen molar-refractivity contribution in [3.63, 3.8) is 0 Å². The van der Waals surface area contributed by atoms with E-state index in [1.165, 1.54) is 18.3 Å². The number of nitrogens with one attached hydrogen (secondary N) is 1. The fourth-order valence-electron chi connectivity index (χ4n) is 3.47. The lowest BCUT2D eigenvalue weighted by molar-refractivity contribution is -0.145. The molecule has 0 saturated heterocycles. The summed E-state index contributed by atoms with van der Waals surface area (Å²) in [5, 5.41) is 15.5. The number of carboxylic acids is 1. The van der Waals surface area contributed by atoms with Gasteiger partial charge in [0.05, 0.1) is 0 Å². The molecule has 0 spiro atoms. The number of benzene rings is 2. The summed E-state index contributed by atoms with van der Waals surface area (Å²) in [5.74, 6) is -2.29. The zero-order chi connectivity index (χ0) is 26.4. The van der Waals surface area contributed by atoms with Crippen molar-refractivity contribution in [3.8, 4) is 17.2 Å². The molecule has 2 aromatic heterocycles. The summed E-state index contributed by atoms with van der Waals surface area (Å²) in [4.78, 5) is 28.2. The molecule has 11 heteroatoms. The van der Waals surface area contributed by atoms with Gasteiger partial charge in [0.1, 0.15) is 11.8 Å². The highest BCUT2D eigenvalue weighted by Gasteiger charge is 2.24. The predicted octanol–water partition coefficient (Wildman–Crippen LogP) is 5.91. The average molecular weight is 526 g/mol. The number of carbonyl (C=O) groups is 2. The summed E-state index contributed by atoms with van der Waals surface area (Å²) in [7, 11) is 0. The number of hydrogen-bond acceptors (Lipinski definition) is 7. The third kappa shape index (κ3) is 6.42. The first-order valence-corrected chi connectivity index (χ1v) is 11.5. The second kappa shape index (κ2) is 11.5. The molecule has 2 N–H and O–H groups in total. The number of nitrogens with zero attached hydrogens (tertiary/aromatic N) is 2. The molecule has 2 atom stereocenters. The molecule has 0 aliphatic rings. The van der Waals surface area contributed by atoms with Crippen molar-refractivity contribution in [2.75, 3.05) is 5.32 Å². The molecule has 9 nitrogen and oxygen atoms in total. The Morgan fingerprint density at radius 3 is 2.51 bits per heavy atom. The molecule has 0 aliphatic heterocycles. The van der Waals surface area contributed by atoms with Crippen LogP contribution in [0.25, 0.3) is 11.3 Å². The summed E-state index contributed by atoms with van der Waals surface area (Å²) in [6.45, 7) is 1.62. The first kappa shape index (κ1) is 25.6. The van der Waals surface area contributed by atoms with E-state index in [0.717, 1.165) is 5.56 Å². The number of carboxylic acid groups (broad SMARTS) is 1. The van der Waals surface area contributed by atoms with Crippen LogP contribution in [0.1, 0.15) is 24.2 Å². The summed E-state index contributed by atoms with van der Waals surface area (Å²) >= 11 is 6.13. The second-order valence-corrected chi connectivity index (χ2v) is 8.30. The van der Waals surface area contributed by atoms with E-state index in [1.54, 1.807) is 55.5 Å². The predicted molar refractivity (Wildman–Crippen MR) is 132 cm³/mol. The van der Waals surface area contributed by atoms with Crippen molar-refractivity contribution in [1.29, 1.82) is 0 Å². The second-order valence-electron chi connectivity index (χ2n) is 7.89. The van der Waals surface area contributed by atoms with Crippen LogP contribution in [0.5, 0.6) is 5.88 Å². The topological polar surface area (TPSA) is 124 Å². The van der Waals surface area contributed by atoms with Gasteiger partial charge in [-0.3, -0.25) is 5.32 Å². The van der Waals surface area contributed by atoms with E-state index in [4.69, 9.17) is 25.6 Å². The van der Waals surface area contributed by atoms with Gasteiger partial charge in [-0.15, -0.1) is 0 Å². The van der Waals surface area contributed by atoms with Crippen molar-refractivity contribution in [3.05, 3.63) is 95.0 Å². The van der Waals surface area contributed by atoms with E-state index >= 15 is 0 Å². The van der Waals surface area contributed by atoms with Gasteiger partial charge in [-0.2, -0.15) is 4.39 Å². The maximum Gasteiger partial charge on any atom is 0.412 e. The Hall–Kier alpha value is -4.44. The molecule has 0 radical (unpaired) electrons. The van der Waals surface area contributed by atoms with Crippen LogP contribution in [0.15, 0.2) is 77.4 Å². The van der Waals surface area contributed by atoms with Crippen molar-refractivity contribution in [2.45, 2.75) is 25.6 Å². The maximum atomic E-state index is 14.3. The van der Waals surface area contributed by atoms with Gasteiger partial charge >= 0.3 is 12.1 Å². The number of aromatic nitrogens is 2. The van der Waals surface area contributed by atoms with Crippen LogP contribution in [0, 0.1) is 5.95 Å². The molecular formula is C26H21ClFN3O6. The summed E-state index contributed by atoms with van der Waals surface area (Å²) < 4.78 is 30.2. The fraction of sp³-hybridized carbons (Fsp3) is 0.154. The summed E-state index contributed by atoms with van der Waals surface area (Å²) in [6, 6.07) is 18.7. The van der Waals surface area contributed by atoms with E-state index in [0.29, 0.717) is 10.6 Å².